The molecule has 2 aliphatic carbocycles. The molecule has 4 atom stereocenters. The third-order valence-electron chi connectivity index (χ3n) is 4.38. The number of rotatable bonds is 2. The number of carbonyl (C=O) groups excluding carboxylic acids is 2. The average molecular weight is 255 g/mol. The van der Waals surface area contributed by atoms with Crippen LogP contribution in [0.2, 0.25) is 0 Å². The molecule has 2 amide bonds. The van der Waals surface area contributed by atoms with Gasteiger partial charge in [-0.15, -0.1) is 0 Å². The fraction of sp³-hybridized carbons (Fsp3) is 0.357. The average Bonchev–Trinajstić information content (AvgIpc) is 3.14. The van der Waals surface area contributed by atoms with Crippen LogP contribution in [0.4, 0.5) is 0 Å². The Labute approximate surface area is 110 Å². The van der Waals surface area contributed by atoms with Crippen LogP contribution >= 0.6 is 0 Å². The van der Waals surface area contributed by atoms with Crippen LogP contribution in [0.1, 0.15) is 12.1 Å². The fourth-order valence-electron chi connectivity index (χ4n) is 3.54. The molecular formula is C14H13N3O2. The van der Waals surface area contributed by atoms with Crippen molar-refractivity contribution in [3.8, 4) is 0 Å². The van der Waals surface area contributed by atoms with Gasteiger partial charge in [0.25, 0.3) is 11.8 Å². The van der Waals surface area contributed by atoms with Crippen LogP contribution in [-0.4, -0.2) is 28.0 Å². The zero-order chi connectivity index (χ0) is 13.0. The van der Waals surface area contributed by atoms with E-state index >= 15 is 0 Å². The maximum atomic E-state index is 12.3. The number of fused-ring (bicyclic) bond motifs is 5. The van der Waals surface area contributed by atoms with Gasteiger partial charge in [0.2, 0.25) is 0 Å². The van der Waals surface area contributed by atoms with Gasteiger partial charge >= 0.3 is 0 Å². The largest absolute Gasteiger partial charge is 0.360 e. The molecule has 96 valence electrons. The first-order chi connectivity index (χ1) is 9.25. The van der Waals surface area contributed by atoms with Crippen molar-refractivity contribution in [2.24, 2.45) is 28.8 Å². The van der Waals surface area contributed by atoms with Gasteiger partial charge in [-0.3, -0.25) is 9.59 Å². The molecule has 0 unspecified atom stereocenters. The highest BCUT2D eigenvalue weighted by Crippen LogP contribution is 2.52. The summed E-state index contributed by atoms with van der Waals surface area (Å²) in [6.45, 7) is 0. The molecule has 3 aliphatic rings. The van der Waals surface area contributed by atoms with Crippen molar-refractivity contribution in [1.29, 1.82) is 0 Å². The van der Waals surface area contributed by atoms with Gasteiger partial charge in [-0.05, 0) is 30.4 Å². The Kier molecular flexibility index (Phi) is 2.07. The van der Waals surface area contributed by atoms with E-state index in [4.69, 9.17) is 0 Å². The van der Waals surface area contributed by atoms with Gasteiger partial charge in [-0.25, -0.2) is 0 Å². The number of hydrogen-bond donors (Lipinski definition) is 1. The van der Waals surface area contributed by atoms with Crippen LogP contribution in [-0.2, 0) is 9.59 Å². The van der Waals surface area contributed by atoms with E-state index in [-0.39, 0.29) is 35.5 Å². The number of hydrazone groups is 1. The Morgan fingerprint density at radius 2 is 1.89 bits per heavy atom. The van der Waals surface area contributed by atoms with E-state index in [2.05, 4.69) is 22.2 Å². The van der Waals surface area contributed by atoms with Crippen molar-refractivity contribution in [3.63, 3.8) is 0 Å². The van der Waals surface area contributed by atoms with Crippen LogP contribution in [0.25, 0.3) is 0 Å². The van der Waals surface area contributed by atoms with Crippen molar-refractivity contribution < 1.29 is 9.59 Å². The monoisotopic (exact) mass is 255 g/mol. The first-order valence-corrected chi connectivity index (χ1v) is 6.49. The van der Waals surface area contributed by atoms with Gasteiger partial charge in [-0.1, -0.05) is 12.2 Å². The molecule has 2 heterocycles. The third-order valence-corrected chi connectivity index (χ3v) is 4.38. The number of carbonyl (C=O) groups is 2. The molecule has 2 fully saturated rings. The molecule has 1 saturated heterocycles. The van der Waals surface area contributed by atoms with E-state index < -0.39 is 0 Å². The predicted molar refractivity (Wildman–Crippen MR) is 68.0 cm³/mol. The maximum Gasteiger partial charge on any atom is 0.254 e. The fourth-order valence-corrected chi connectivity index (χ4v) is 3.54. The summed E-state index contributed by atoms with van der Waals surface area (Å²) in [7, 11) is 0. The highest BCUT2D eigenvalue weighted by molar-refractivity contribution is 6.06. The van der Waals surface area contributed by atoms with Gasteiger partial charge in [-0.2, -0.15) is 10.1 Å². The van der Waals surface area contributed by atoms with Crippen molar-refractivity contribution in [2.45, 2.75) is 6.42 Å². The molecule has 1 N–H and O–H groups in total. The molecule has 1 aromatic rings. The summed E-state index contributed by atoms with van der Waals surface area (Å²) in [6.07, 6.45) is 8.39. The van der Waals surface area contributed by atoms with E-state index in [1.807, 2.05) is 12.1 Å². The molecule has 4 rings (SSSR count). The molecule has 0 spiro atoms. The van der Waals surface area contributed by atoms with Crippen molar-refractivity contribution in [2.75, 3.05) is 0 Å². The van der Waals surface area contributed by atoms with Crippen molar-refractivity contribution in [1.82, 2.24) is 9.99 Å². The lowest BCUT2D eigenvalue weighted by Crippen LogP contribution is -2.28. The Hall–Kier alpha value is -2.17. The second-order valence-electron chi connectivity index (χ2n) is 5.36. The lowest BCUT2D eigenvalue weighted by atomic mass is 9.85. The van der Waals surface area contributed by atoms with Crippen molar-refractivity contribution in [3.05, 3.63) is 36.2 Å². The Morgan fingerprint density at radius 3 is 2.47 bits per heavy atom. The second kappa shape index (κ2) is 3.66. The number of aromatic amines is 1. The highest BCUT2D eigenvalue weighted by Gasteiger charge is 2.59. The predicted octanol–water partition coefficient (Wildman–Crippen LogP) is 1.16. The summed E-state index contributed by atoms with van der Waals surface area (Å²) < 4.78 is 0. The lowest BCUT2D eigenvalue weighted by Gasteiger charge is -2.13. The topological polar surface area (TPSA) is 65.5 Å². The zero-order valence-electron chi connectivity index (χ0n) is 10.2. The van der Waals surface area contributed by atoms with Crippen LogP contribution < -0.4 is 0 Å². The third kappa shape index (κ3) is 1.38. The van der Waals surface area contributed by atoms with E-state index in [1.165, 1.54) is 6.21 Å². The number of allylic oxidation sites excluding steroid dienone is 2. The Morgan fingerprint density at radius 1 is 1.21 bits per heavy atom. The standard InChI is InChI=1S/C14H13N3O2/c18-13-11-8-3-4-9(6-8)12(11)14(19)17(13)16-7-10-2-1-5-15-10/h1-5,7-9,11-12,15H,6H2/b16-7-/t8-,9-,11-,12+/m0/s1. The first-order valence-electron chi connectivity index (χ1n) is 6.49. The molecule has 2 bridgehead atoms. The molecule has 1 aliphatic heterocycles. The number of imide groups is 1. The number of H-pyrrole nitrogens is 1. The normalized spacial score (nSPS) is 35.9. The summed E-state index contributed by atoms with van der Waals surface area (Å²) in [5.74, 6) is -0.176. The zero-order valence-corrected chi connectivity index (χ0v) is 10.2. The molecule has 1 aromatic heterocycles. The number of aromatic nitrogens is 1. The lowest BCUT2D eigenvalue weighted by molar-refractivity contribution is -0.140. The number of nitrogens with one attached hydrogen (secondary N) is 1. The smallest absolute Gasteiger partial charge is 0.254 e. The van der Waals surface area contributed by atoms with Gasteiger partial charge in [0.15, 0.2) is 0 Å². The molecule has 5 heteroatoms. The molecule has 0 aromatic carbocycles. The Bertz CT molecular complexity index is 572. The van der Waals surface area contributed by atoms with Gasteiger partial charge in [0, 0.05) is 6.20 Å². The van der Waals surface area contributed by atoms with Crippen LogP contribution in [0, 0.1) is 23.7 Å². The molecular weight excluding hydrogens is 242 g/mol. The highest BCUT2D eigenvalue weighted by atomic mass is 16.2. The van der Waals surface area contributed by atoms with Crippen LogP contribution in [0.15, 0.2) is 35.6 Å². The first kappa shape index (κ1) is 10.7. The quantitative estimate of drug-likeness (QED) is 0.489. The summed E-state index contributed by atoms with van der Waals surface area (Å²) in [5.41, 5.74) is 0.777. The van der Waals surface area contributed by atoms with Crippen LogP contribution in [0.3, 0.4) is 0 Å². The van der Waals surface area contributed by atoms with E-state index in [0.29, 0.717) is 0 Å². The maximum absolute atomic E-state index is 12.3. The molecule has 19 heavy (non-hydrogen) atoms. The molecule has 1 saturated carbocycles. The second-order valence-corrected chi connectivity index (χ2v) is 5.36. The van der Waals surface area contributed by atoms with E-state index in [9.17, 15) is 9.59 Å². The van der Waals surface area contributed by atoms with E-state index in [0.717, 1.165) is 17.1 Å². The van der Waals surface area contributed by atoms with Gasteiger partial charge < -0.3 is 4.98 Å². The van der Waals surface area contributed by atoms with Gasteiger partial charge in [0.1, 0.15) is 0 Å². The Balaban J connectivity index is 1.62. The SMILES string of the molecule is O=C1[C@@H]2[C@H](C(=O)N1/N=C\c1ccc[nH]1)[C@H]1C=C[C@H]2C1. The number of nitrogens with zero attached hydrogens (tertiary/aromatic N) is 2. The van der Waals surface area contributed by atoms with Crippen LogP contribution in [0.5, 0.6) is 0 Å². The summed E-state index contributed by atoms with van der Waals surface area (Å²) in [5, 5.41) is 5.11. The number of hydrogen-bond acceptors (Lipinski definition) is 3. The number of amides is 2. The van der Waals surface area contributed by atoms with Crippen molar-refractivity contribution >= 4 is 18.0 Å². The minimum atomic E-state index is -0.178. The molecule has 5 nitrogen and oxygen atoms in total. The summed E-state index contributed by atoms with van der Waals surface area (Å²) in [4.78, 5) is 27.5. The molecule has 0 radical (unpaired) electrons. The summed E-state index contributed by atoms with van der Waals surface area (Å²) >= 11 is 0. The van der Waals surface area contributed by atoms with E-state index in [1.54, 1.807) is 6.20 Å². The minimum Gasteiger partial charge on any atom is -0.360 e. The summed E-state index contributed by atoms with van der Waals surface area (Å²) in [6, 6.07) is 3.68. The minimum absolute atomic E-state index is 0.144. The van der Waals surface area contributed by atoms with Gasteiger partial charge in [0.05, 0.1) is 23.7 Å².